The van der Waals surface area contributed by atoms with Crippen molar-refractivity contribution >= 4 is 41.5 Å². The fraction of sp³-hybridized carbons (Fsp3) is 0.462. The van der Waals surface area contributed by atoms with Crippen molar-refractivity contribution in [2.24, 2.45) is 34.1 Å². The van der Waals surface area contributed by atoms with E-state index in [9.17, 15) is 29.4 Å². The first-order valence-corrected chi connectivity index (χ1v) is 23.1. The van der Waals surface area contributed by atoms with Crippen LogP contribution in [-0.2, 0) is 43.1 Å². The molecule has 9 rings (SSSR count). The van der Waals surface area contributed by atoms with E-state index in [0.717, 1.165) is 27.9 Å². The highest BCUT2D eigenvalue weighted by molar-refractivity contribution is 6.00. The molecule has 8 N–H and O–H groups in total. The summed E-state index contributed by atoms with van der Waals surface area (Å²) in [5, 5.41) is 25.4. The second kappa shape index (κ2) is 18.1. The SMILES string of the molecule is C=CC[C@H]1CC[C@H](N(c2cccc(C)c2C)[C@H]2CC[C@H](CC=C)N2[C@]2(C(=O)NC(=O)O)c3ccc(cc3)CC(C(N)=O)C2(C)C)N1[C@]1(C(=O)NC(=O)O)c2ccc(cc2)CC(C(N)=O)C1(C)C. The maximum atomic E-state index is 15.7. The van der Waals surface area contributed by atoms with Crippen LogP contribution in [0.25, 0.3) is 0 Å². The van der Waals surface area contributed by atoms with E-state index in [1.54, 1.807) is 39.8 Å². The van der Waals surface area contributed by atoms with Crippen molar-refractivity contribution in [3.63, 3.8) is 0 Å². The van der Waals surface area contributed by atoms with E-state index >= 15 is 9.59 Å². The molecule has 4 bridgehead atoms. The van der Waals surface area contributed by atoms with Gasteiger partial charge in [-0.25, -0.2) is 9.59 Å². The topological polar surface area (TPSA) is 229 Å². The normalized spacial score (nSPS) is 28.6. The molecule has 2 aliphatic heterocycles. The lowest BCUT2D eigenvalue weighted by Crippen LogP contribution is -2.75. The van der Waals surface area contributed by atoms with Gasteiger partial charge in [-0.1, -0.05) is 101 Å². The van der Waals surface area contributed by atoms with Crippen LogP contribution in [0.4, 0.5) is 15.3 Å². The molecule has 6 aliphatic rings. The number of aryl methyl sites for hydroxylation is 1. The Bertz CT molecular complexity index is 2340. The van der Waals surface area contributed by atoms with E-state index in [4.69, 9.17) is 11.5 Å². The van der Waals surface area contributed by atoms with Crippen molar-refractivity contribution in [2.75, 3.05) is 4.90 Å². The van der Waals surface area contributed by atoms with Crippen LogP contribution in [0.1, 0.15) is 99.6 Å². The molecule has 0 aromatic heterocycles. The predicted molar refractivity (Wildman–Crippen MR) is 254 cm³/mol. The number of benzene rings is 3. The van der Waals surface area contributed by atoms with Crippen LogP contribution < -0.4 is 27.0 Å². The zero-order valence-corrected chi connectivity index (χ0v) is 39.4. The summed E-state index contributed by atoms with van der Waals surface area (Å²) >= 11 is 0. The molecule has 2 fully saturated rings. The number of amides is 6. The highest BCUT2D eigenvalue weighted by Gasteiger charge is 2.69. The van der Waals surface area contributed by atoms with E-state index in [2.05, 4.69) is 38.5 Å². The summed E-state index contributed by atoms with van der Waals surface area (Å²) in [6.07, 6.45) is 1.78. The van der Waals surface area contributed by atoms with Gasteiger partial charge in [-0.15, -0.1) is 13.2 Å². The van der Waals surface area contributed by atoms with Gasteiger partial charge in [0.25, 0.3) is 11.8 Å². The van der Waals surface area contributed by atoms with Gasteiger partial charge in [-0.2, -0.15) is 0 Å². The number of nitrogens with one attached hydrogen (secondary N) is 2. The predicted octanol–water partition coefficient (Wildman–Crippen LogP) is 6.59. The zero-order chi connectivity index (χ0) is 49.0. The Labute approximate surface area is 392 Å². The second-order valence-corrected chi connectivity index (χ2v) is 20.0. The maximum Gasteiger partial charge on any atom is 0.411 e. The minimum Gasteiger partial charge on any atom is -0.465 e. The molecule has 4 aliphatic carbocycles. The van der Waals surface area contributed by atoms with Crippen LogP contribution in [0.3, 0.4) is 0 Å². The van der Waals surface area contributed by atoms with Gasteiger partial charge in [-0.3, -0.25) is 39.6 Å². The third-order valence-electron chi connectivity index (χ3n) is 16.1. The first-order chi connectivity index (χ1) is 31.6. The van der Waals surface area contributed by atoms with Crippen molar-refractivity contribution in [3.8, 4) is 0 Å². The summed E-state index contributed by atoms with van der Waals surface area (Å²) in [6.45, 7) is 19.5. The smallest absolute Gasteiger partial charge is 0.411 e. The van der Waals surface area contributed by atoms with Gasteiger partial charge in [0.2, 0.25) is 11.8 Å². The minimum absolute atomic E-state index is 0.186. The highest BCUT2D eigenvalue weighted by Crippen LogP contribution is 2.60. The fourth-order valence-electron chi connectivity index (χ4n) is 13.0. The Hall–Kier alpha value is -6.32. The fourth-order valence-corrected chi connectivity index (χ4v) is 13.0. The van der Waals surface area contributed by atoms with Gasteiger partial charge in [-0.05, 0) is 105 Å². The Morgan fingerprint density at radius 2 is 1.04 bits per heavy atom. The maximum absolute atomic E-state index is 15.7. The van der Waals surface area contributed by atoms with E-state index in [-0.39, 0.29) is 12.8 Å². The van der Waals surface area contributed by atoms with Crippen molar-refractivity contribution < 1.29 is 39.0 Å². The first kappa shape index (κ1) is 48.6. The third kappa shape index (κ3) is 7.60. The van der Waals surface area contributed by atoms with Crippen LogP contribution in [0, 0.1) is 36.5 Å². The number of carbonyl (C=O) groups excluding carboxylic acids is 4. The van der Waals surface area contributed by atoms with Gasteiger partial charge in [0, 0.05) is 40.4 Å². The molecule has 356 valence electrons. The lowest BCUT2D eigenvalue weighted by Gasteiger charge is -2.61. The summed E-state index contributed by atoms with van der Waals surface area (Å²) in [5.74, 6) is -4.93. The highest BCUT2D eigenvalue weighted by atomic mass is 16.4. The molecular formula is C52H65N7O8. The summed E-state index contributed by atoms with van der Waals surface area (Å²) < 4.78 is 0. The minimum atomic E-state index is -1.90. The second-order valence-electron chi connectivity index (χ2n) is 20.0. The number of imide groups is 2. The van der Waals surface area contributed by atoms with Gasteiger partial charge < -0.3 is 26.6 Å². The van der Waals surface area contributed by atoms with E-state index in [1.165, 1.54) is 0 Å². The molecule has 0 saturated carbocycles. The molecular weight excluding hydrogens is 851 g/mol. The van der Waals surface area contributed by atoms with E-state index in [0.29, 0.717) is 49.7 Å². The van der Waals surface area contributed by atoms with Gasteiger partial charge in [0.05, 0.1) is 12.3 Å². The number of anilines is 1. The molecule has 8 atom stereocenters. The van der Waals surface area contributed by atoms with Crippen molar-refractivity contribution in [2.45, 2.75) is 128 Å². The van der Waals surface area contributed by atoms with Crippen molar-refractivity contribution in [3.05, 3.63) is 125 Å². The molecule has 3 aromatic carbocycles. The van der Waals surface area contributed by atoms with Crippen LogP contribution in [0.2, 0.25) is 0 Å². The lowest BCUT2D eigenvalue weighted by molar-refractivity contribution is -0.161. The number of primary amides is 2. The number of nitrogens with zero attached hydrogens (tertiary/aromatic N) is 3. The van der Waals surface area contributed by atoms with Crippen LogP contribution >= 0.6 is 0 Å². The number of carbonyl (C=O) groups is 6. The lowest BCUT2D eigenvalue weighted by atomic mass is 9.57. The average molecular weight is 916 g/mol. The average Bonchev–Trinajstić information content (AvgIpc) is 3.84. The molecule has 3 aromatic rings. The summed E-state index contributed by atoms with van der Waals surface area (Å²) in [7, 11) is 0. The number of likely N-dealkylation sites (tertiary alicyclic amines) is 2. The number of fused-ring (bicyclic) bond motifs is 10. The number of rotatable bonds is 13. The largest absolute Gasteiger partial charge is 0.465 e. The van der Waals surface area contributed by atoms with Crippen LogP contribution in [0.5, 0.6) is 0 Å². The Morgan fingerprint density at radius 3 is 1.39 bits per heavy atom. The number of nitrogens with two attached hydrogens (primary N) is 2. The third-order valence-corrected chi connectivity index (χ3v) is 16.1. The van der Waals surface area contributed by atoms with Crippen molar-refractivity contribution in [1.29, 1.82) is 0 Å². The van der Waals surface area contributed by atoms with Gasteiger partial charge in [0.1, 0.15) is 11.1 Å². The zero-order valence-electron chi connectivity index (χ0n) is 39.4. The van der Waals surface area contributed by atoms with E-state index < -0.39 is 94.0 Å². The van der Waals surface area contributed by atoms with Gasteiger partial charge >= 0.3 is 12.2 Å². The van der Waals surface area contributed by atoms with Crippen molar-refractivity contribution in [1.82, 2.24) is 20.4 Å². The molecule has 2 saturated heterocycles. The van der Waals surface area contributed by atoms with Crippen LogP contribution in [0.15, 0.2) is 92.0 Å². The molecule has 0 spiro atoms. The molecule has 6 amide bonds. The number of carboxylic acid groups (broad SMARTS) is 2. The molecule has 2 heterocycles. The first-order valence-electron chi connectivity index (χ1n) is 23.1. The quantitative estimate of drug-likeness (QED) is 0.100. The molecule has 67 heavy (non-hydrogen) atoms. The molecule has 15 heteroatoms. The van der Waals surface area contributed by atoms with E-state index in [1.807, 2.05) is 80.6 Å². The molecule has 2 unspecified atom stereocenters. The van der Waals surface area contributed by atoms with Crippen LogP contribution in [-0.4, -0.2) is 80.2 Å². The monoisotopic (exact) mass is 915 g/mol. The molecule has 15 nitrogen and oxygen atoms in total. The van der Waals surface area contributed by atoms with Gasteiger partial charge in [0.15, 0.2) is 0 Å². The Kier molecular flexibility index (Phi) is 13.1. The standard InChI is InChI=1S/C52H65N7O8/c1-9-12-36-24-26-41(58(36)51(45(62)55-47(64)65)34-20-16-32(17-21-34)28-38(43(53)60)49(51,5)6)57(40-15-11-14-30(3)31(40)4)42-27-25-37(13-10-2)59(42)52(46(63)56-48(66)67)35-22-18-33(19-23-35)29-39(44(54)61)50(52,7)8/h9-11,14-23,36-39,41-42H,1-2,12-13,24-29H2,3-8H3,(H2,53,60)(H2,54,61)(H,55,62)(H,56,63)(H,64,65)(H,66,67)/t36-,37-,38?,39?,41+,42+,51-,52-/m0/s1. The summed E-state index contributed by atoms with van der Waals surface area (Å²) in [4.78, 5) is 91.0. The Balaban J connectivity index is 1.62. The number of hydrogen-bond donors (Lipinski definition) is 6. The number of hydrogen-bond acceptors (Lipinski definition) is 9. The Morgan fingerprint density at radius 1 is 0.657 bits per heavy atom. The summed E-state index contributed by atoms with van der Waals surface area (Å²) in [5.41, 5.74) is 11.2. The summed E-state index contributed by atoms with van der Waals surface area (Å²) in [6, 6.07) is 19.7. The molecule has 0 radical (unpaired) electrons.